The van der Waals surface area contributed by atoms with E-state index in [1.54, 1.807) is 0 Å². The van der Waals surface area contributed by atoms with Gasteiger partial charge < -0.3 is 15.0 Å². The van der Waals surface area contributed by atoms with Crippen LogP contribution in [0.3, 0.4) is 0 Å². The molecule has 4 nitrogen and oxygen atoms in total. The Bertz CT molecular complexity index is 321. The predicted molar refractivity (Wildman–Crippen MR) is 78.9 cm³/mol. The first kappa shape index (κ1) is 17.0. The fraction of sp³-hybridized carbons (Fsp3) is 0.615. The number of nitrogens with zero attached hydrogens (tertiary/aromatic N) is 2. The number of unbranched alkanes of at least 4 members (excludes halogenated alkanes) is 1. The van der Waals surface area contributed by atoms with E-state index in [1.165, 1.54) is 6.42 Å². The normalized spacial score (nSPS) is 10.0. The fourth-order valence-electron chi connectivity index (χ4n) is 1.32. The second kappa shape index (κ2) is 9.97. The average molecular weight is 274 g/mol. The number of hydrogen-bond acceptors (Lipinski definition) is 4. The number of halogens is 1. The summed E-state index contributed by atoms with van der Waals surface area (Å²) < 4.78 is 5.57. The third-order valence-corrected chi connectivity index (χ3v) is 2.35. The van der Waals surface area contributed by atoms with Crippen molar-refractivity contribution in [1.29, 1.82) is 0 Å². The van der Waals surface area contributed by atoms with Gasteiger partial charge in [-0.1, -0.05) is 19.4 Å². The number of nitrogens with one attached hydrogen (secondary N) is 1. The summed E-state index contributed by atoms with van der Waals surface area (Å²) in [6.45, 7) is 4.70. The maximum Gasteiger partial charge on any atom is 0.215 e. The summed E-state index contributed by atoms with van der Waals surface area (Å²) in [4.78, 5) is 6.48. The van der Waals surface area contributed by atoms with Crippen LogP contribution in [0.4, 0.5) is 5.82 Å². The first-order valence-corrected chi connectivity index (χ1v) is 6.21. The van der Waals surface area contributed by atoms with Crippen LogP contribution in [-0.4, -0.2) is 43.7 Å². The molecule has 0 unspecified atom stereocenters. The monoisotopic (exact) mass is 273 g/mol. The van der Waals surface area contributed by atoms with Crippen molar-refractivity contribution >= 4 is 18.2 Å². The molecule has 1 N–H and O–H groups in total. The van der Waals surface area contributed by atoms with Gasteiger partial charge in [0.25, 0.3) is 0 Å². The van der Waals surface area contributed by atoms with Crippen molar-refractivity contribution in [3.05, 3.63) is 18.2 Å². The topological polar surface area (TPSA) is 37.4 Å². The van der Waals surface area contributed by atoms with Crippen molar-refractivity contribution < 1.29 is 4.74 Å². The molecule has 0 aliphatic heterocycles. The van der Waals surface area contributed by atoms with Gasteiger partial charge >= 0.3 is 0 Å². The van der Waals surface area contributed by atoms with Gasteiger partial charge in [0.15, 0.2) is 0 Å². The SMILES string of the molecule is CCCCNc1cccc(OCCN(C)C)n1.Cl. The minimum absolute atomic E-state index is 0. The molecule has 0 amide bonds. The van der Waals surface area contributed by atoms with E-state index in [9.17, 15) is 0 Å². The van der Waals surface area contributed by atoms with Gasteiger partial charge in [-0.15, -0.1) is 12.4 Å². The maximum absolute atomic E-state index is 5.57. The lowest BCUT2D eigenvalue weighted by atomic mass is 10.3. The summed E-state index contributed by atoms with van der Waals surface area (Å²) in [6.07, 6.45) is 2.35. The number of pyridine rings is 1. The third kappa shape index (κ3) is 7.35. The van der Waals surface area contributed by atoms with Crippen LogP contribution in [0.15, 0.2) is 18.2 Å². The average Bonchev–Trinajstić information content (AvgIpc) is 2.29. The second-order valence-corrected chi connectivity index (χ2v) is 4.29. The van der Waals surface area contributed by atoms with E-state index < -0.39 is 0 Å². The first-order valence-electron chi connectivity index (χ1n) is 6.21. The van der Waals surface area contributed by atoms with Crippen LogP contribution in [0.5, 0.6) is 5.88 Å². The molecule has 0 saturated heterocycles. The van der Waals surface area contributed by atoms with Crippen LogP contribution in [-0.2, 0) is 0 Å². The minimum atomic E-state index is 0. The number of rotatable bonds is 8. The van der Waals surface area contributed by atoms with Gasteiger partial charge in [-0.3, -0.25) is 0 Å². The molecule has 104 valence electrons. The van der Waals surface area contributed by atoms with Gasteiger partial charge in [0, 0.05) is 19.2 Å². The largest absolute Gasteiger partial charge is 0.476 e. The van der Waals surface area contributed by atoms with Crippen LogP contribution in [0.25, 0.3) is 0 Å². The summed E-state index contributed by atoms with van der Waals surface area (Å²) in [5.74, 6) is 1.58. The lowest BCUT2D eigenvalue weighted by Crippen LogP contribution is -2.19. The van der Waals surface area contributed by atoms with Gasteiger partial charge in [-0.25, -0.2) is 0 Å². The molecule has 18 heavy (non-hydrogen) atoms. The van der Waals surface area contributed by atoms with Gasteiger partial charge in [0.05, 0.1) is 0 Å². The van der Waals surface area contributed by atoms with Crippen molar-refractivity contribution in [2.24, 2.45) is 0 Å². The number of anilines is 1. The molecule has 0 aliphatic rings. The molecule has 0 aromatic carbocycles. The zero-order valence-electron chi connectivity index (χ0n) is 11.5. The molecule has 0 atom stereocenters. The van der Waals surface area contributed by atoms with Crippen LogP contribution < -0.4 is 10.1 Å². The molecule has 1 aromatic rings. The summed E-state index contributed by atoms with van der Waals surface area (Å²) in [5, 5.41) is 3.28. The van der Waals surface area contributed by atoms with E-state index in [4.69, 9.17) is 4.74 Å². The molecule has 1 heterocycles. The Hall–Kier alpha value is -1.00. The Kier molecular flexibility index (Phi) is 9.42. The van der Waals surface area contributed by atoms with Gasteiger partial charge in [-0.05, 0) is 26.6 Å². The summed E-state index contributed by atoms with van der Waals surface area (Å²) in [5.41, 5.74) is 0. The highest BCUT2D eigenvalue weighted by molar-refractivity contribution is 5.85. The van der Waals surface area contributed by atoms with E-state index in [0.717, 1.165) is 25.3 Å². The maximum atomic E-state index is 5.57. The molecule has 0 spiro atoms. The van der Waals surface area contributed by atoms with Gasteiger partial charge in [-0.2, -0.15) is 4.98 Å². The summed E-state index contributed by atoms with van der Waals surface area (Å²) in [6, 6.07) is 5.82. The van der Waals surface area contributed by atoms with Crippen molar-refractivity contribution in [2.45, 2.75) is 19.8 Å². The number of likely N-dealkylation sites (N-methyl/N-ethyl adjacent to an activating group) is 1. The Morgan fingerprint density at radius 3 is 2.78 bits per heavy atom. The van der Waals surface area contributed by atoms with E-state index in [1.807, 2.05) is 32.3 Å². The molecule has 0 radical (unpaired) electrons. The highest BCUT2D eigenvalue weighted by Crippen LogP contribution is 2.11. The standard InChI is InChI=1S/C13H23N3O.ClH/c1-4-5-9-14-12-7-6-8-13(15-12)17-11-10-16(2)3;/h6-8H,4-5,9-11H2,1-3H3,(H,14,15);1H. The Morgan fingerprint density at radius 1 is 1.33 bits per heavy atom. The molecule has 0 bridgehead atoms. The first-order chi connectivity index (χ1) is 8.22. The zero-order valence-corrected chi connectivity index (χ0v) is 12.3. The second-order valence-electron chi connectivity index (χ2n) is 4.29. The number of hydrogen-bond donors (Lipinski definition) is 1. The molecule has 1 aromatic heterocycles. The van der Waals surface area contributed by atoms with Crippen LogP contribution >= 0.6 is 12.4 Å². The Morgan fingerprint density at radius 2 is 2.11 bits per heavy atom. The van der Waals surface area contributed by atoms with E-state index >= 15 is 0 Å². The van der Waals surface area contributed by atoms with Gasteiger partial charge in [0.2, 0.25) is 5.88 Å². The molecule has 0 fully saturated rings. The summed E-state index contributed by atoms with van der Waals surface area (Å²) >= 11 is 0. The quantitative estimate of drug-likeness (QED) is 0.739. The Labute approximate surface area is 116 Å². The van der Waals surface area contributed by atoms with Crippen LogP contribution in [0, 0.1) is 0 Å². The molecule has 1 rings (SSSR count). The van der Waals surface area contributed by atoms with E-state index in [2.05, 4.69) is 22.1 Å². The molecule has 0 aliphatic carbocycles. The van der Waals surface area contributed by atoms with Crippen LogP contribution in [0.2, 0.25) is 0 Å². The van der Waals surface area contributed by atoms with Crippen molar-refractivity contribution in [3.8, 4) is 5.88 Å². The van der Waals surface area contributed by atoms with Crippen molar-refractivity contribution in [2.75, 3.05) is 39.1 Å². The van der Waals surface area contributed by atoms with Gasteiger partial charge in [0.1, 0.15) is 12.4 Å². The third-order valence-electron chi connectivity index (χ3n) is 2.35. The predicted octanol–water partition coefficient (Wildman–Crippen LogP) is 2.66. The fourth-order valence-corrected chi connectivity index (χ4v) is 1.32. The molecule has 0 saturated carbocycles. The minimum Gasteiger partial charge on any atom is -0.476 e. The van der Waals surface area contributed by atoms with E-state index in [0.29, 0.717) is 12.5 Å². The molecular weight excluding hydrogens is 250 g/mol. The lowest BCUT2D eigenvalue weighted by Gasteiger charge is -2.11. The smallest absolute Gasteiger partial charge is 0.215 e. The highest BCUT2D eigenvalue weighted by Gasteiger charge is 1.98. The Balaban J connectivity index is 0.00000289. The highest BCUT2D eigenvalue weighted by atomic mass is 35.5. The van der Waals surface area contributed by atoms with Crippen molar-refractivity contribution in [1.82, 2.24) is 9.88 Å². The molecular formula is C13H24ClN3O. The van der Waals surface area contributed by atoms with E-state index in [-0.39, 0.29) is 12.4 Å². The summed E-state index contributed by atoms with van der Waals surface area (Å²) in [7, 11) is 4.05. The molecule has 5 heteroatoms. The zero-order chi connectivity index (χ0) is 12.5. The van der Waals surface area contributed by atoms with Crippen LogP contribution in [0.1, 0.15) is 19.8 Å². The van der Waals surface area contributed by atoms with Crippen molar-refractivity contribution in [3.63, 3.8) is 0 Å². The number of ether oxygens (including phenoxy) is 1. The number of aromatic nitrogens is 1. The lowest BCUT2D eigenvalue weighted by molar-refractivity contribution is 0.254.